The van der Waals surface area contributed by atoms with E-state index in [0.29, 0.717) is 24.3 Å². The standard InChI is InChI=1S/C20H20F3NO3/c1-3-27-19(26)16-11(2)24-14-9-6-10-15(25)18(14)17(16)12-7-4-5-8-13(12)20(21,22)23/h4-5,7-8,16-17H,3,6,9-10H2,1-2H3/t16?,17-/m1/s1. The number of alkyl halides is 3. The van der Waals surface area contributed by atoms with Gasteiger partial charge in [0, 0.05) is 29.3 Å². The first-order valence-electron chi connectivity index (χ1n) is 8.89. The van der Waals surface area contributed by atoms with Crippen LogP contribution in [0.4, 0.5) is 13.2 Å². The van der Waals surface area contributed by atoms with Gasteiger partial charge in [0.15, 0.2) is 5.78 Å². The van der Waals surface area contributed by atoms with Gasteiger partial charge in [-0.3, -0.25) is 14.6 Å². The molecule has 0 amide bonds. The SMILES string of the molecule is CCOC(=O)C1C(C)=NC2=C(C(=O)CCC2)[C@@H]1c1ccccc1C(F)(F)F. The Hall–Kier alpha value is -2.44. The van der Waals surface area contributed by atoms with Gasteiger partial charge in [0.05, 0.1) is 12.2 Å². The second-order valence-corrected chi connectivity index (χ2v) is 6.68. The fourth-order valence-corrected chi connectivity index (χ4v) is 3.91. The Balaban J connectivity index is 2.24. The van der Waals surface area contributed by atoms with Crippen molar-refractivity contribution in [1.29, 1.82) is 0 Å². The summed E-state index contributed by atoms with van der Waals surface area (Å²) in [6, 6.07) is 5.10. The van der Waals surface area contributed by atoms with Crippen LogP contribution >= 0.6 is 0 Å². The number of ketones is 1. The van der Waals surface area contributed by atoms with Crippen LogP contribution in [0, 0.1) is 5.92 Å². The number of rotatable bonds is 3. The summed E-state index contributed by atoms with van der Waals surface area (Å²) in [6.07, 6.45) is -3.24. The molecule has 1 aliphatic heterocycles. The molecule has 0 fully saturated rings. The van der Waals surface area contributed by atoms with Gasteiger partial charge in [-0.25, -0.2) is 0 Å². The largest absolute Gasteiger partial charge is 0.465 e. The second-order valence-electron chi connectivity index (χ2n) is 6.68. The number of hydrogen-bond acceptors (Lipinski definition) is 4. The normalized spacial score (nSPS) is 23.0. The number of allylic oxidation sites excluding steroid dienone is 2. The average Bonchev–Trinajstić information content (AvgIpc) is 2.60. The Morgan fingerprint density at radius 1 is 1.26 bits per heavy atom. The zero-order valence-electron chi connectivity index (χ0n) is 15.1. The highest BCUT2D eigenvalue weighted by molar-refractivity contribution is 6.08. The van der Waals surface area contributed by atoms with E-state index in [0.717, 1.165) is 6.07 Å². The number of aliphatic imine (C=N–C) groups is 1. The van der Waals surface area contributed by atoms with Crippen LogP contribution in [0.3, 0.4) is 0 Å². The van der Waals surface area contributed by atoms with Crippen molar-refractivity contribution in [2.45, 2.75) is 45.2 Å². The van der Waals surface area contributed by atoms with Gasteiger partial charge in [-0.05, 0) is 38.3 Å². The fraction of sp³-hybridized carbons (Fsp3) is 0.450. The van der Waals surface area contributed by atoms with E-state index in [2.05, 4.69) is 4.99 Å². The number of ether oxygens (including phenoxy) is 1. The summed E-state index contributed by atoms with van der Waals surface area (Å²) in [5, 5.41) is 0. The first kappa shape index (κ1) is 19.3. The molecule has 0 saturated heterocycles. The highest BCUT2D eigenvalue weighted by Crippen LogP contribution is 2.47. The van der Waals surface area contributed by atoms with Crippen molar-refractivity contribution < 1.29 is 27.5 Å². The van der Waals surface area contributed by atoms with Crippen molar-refractivity contribution >= 4 is 17.5 Å². The molecule has 0 N–H and O–H groups in total. The van der Waals surface area contributed by atoms with Crippen molar-refractivity contribution in [2.75, 3.05) is 6.61 Å². The molecule has 1 heterocycles. The van der Waals surface area contributed by atoms with Gasteiger partial charge >= 0.3 is 12.1 Å². The Bertz CT molecular complexity index is 839. The van der Waals surface area contributed by atoms with Gasteiger partial charge in [0.2, 0.25) is 0 Å². The molecule has 27 heavy (non-hydrogen) atoms. The van der Waals surface area contributed by atoms with Crippen molar-refractivity contribution in [3.05, 3.63) is 46.7 Å². The molecule has 2 atom stereocenters. The molecule has 144 valence electrons. The summed E-state index contributed by atoms with van der Waals surface area (Å²) in [7, 11) is 0. The molecule has 1 aromatic carbocycles. The molecule has 2 aliphatic rings. The van der Waals surface area contributed by atoms with Crippen LogP contribution in [-0.2, 0) is 20.5 Å². The number of halogens is 3. The molecule has 1 aromatic rings. The summed E-state index contributed by atoms with van der Waals surface area (Å²) < 4.78 is 46.1. The van der Waals surface area contributed by atoms with Crippen molar-refractivity contribution in [1.82, 2.24) is 0 Å². The predicted molar refractivity (Wildman–Crippen MR) is 93.3 cm³/mol. The van der Waals surface area contributed by atoms with Gasteiger partial charge in [0.1, 0.15) is 5.92 Å². The minimum Gasteiger partial charge on any atom is -0.465 e. The third-order valence-corrected chi connectivity index (χ3v) is 4.98. The molecular weight excluding hydrogens is 359 g/mol. The van der Waals surface area contributed by atoms with Crippen LogP contribution in [0.1, 0.15) is 50.2 Å². The van der Waals surface area contributed by atoms with Gasteiger partial charge < -0.3 is 4.74 Å². The van der Waals surface area contributed by atoms with Gasteiger partial charge in [-0.15, -0.1) is 0 Å². The highest BCUT2D eigenvalue weighted by atomic mass is 19.4. The smallest absolute Gasteiger partial charge is 0.416 e. The number of carbonyl (C=O) groups excluding carboxylic acids is 2. The highest BCUT2D eigenvalue weighted by Gasteiger charge is 2.46. The molecule has 1 unspecified atom stereocenters. The minimum atomic E-state index is -4.60. The lowest BCUT2D eigenvalue weighted by atomic mass is 9.70. The average molecular weight is 379 g/mol. The zero-order valence-corrected chi connectivity index (χ0v) is 15.1. The van der Waals surface area contributed by atoms with E-state index in [1.54, 1.807) is 13.8 Å². The maximum absolute atomic E-state index is 13.7. The predicted octanol–water partition coefficient (Wildman–Crippen LogP) is 4.45. The number of hydrogen-bond donors (Lipinski definition) is 0. The number of nitrogens with zero attached hydrogens (tertiary/aromatic N) is 1. The summed E-state index contributed by atoms with van der Waals surface area (Å²) in [6.45, 7) is 3.33. The first-order chi connectivity index (χ1) is 12.8. The second kappa shape index (κ2) is 7.29. The molecule has 0 bridgehead atoms. The van der Waals surface area contributed by atoms with E-state index in [9.17, 15) is 22.8 Å². The van der Waals surface area contributed by atoms with Gasteiger partial charge in [-0.2, -0.15) is 13.2 Å². The summed E-state index contributed by atoms with van der Waals surface area (Å²) in [4.78, 5) is 29.7. The number of carbonyl (C=O) groups is 2. The van der Waals surface area contributed by atoms with Crippen molar-refractivity contribution in [3.8, 4) is 0 Å². The third kappa shape index (κ3) is 3.55. The number of benzene rings is 1. The Kier molecular flexibility index (Phi) is 5.22. The summed E-state index contributed by atoms with van der Waals surface area (Å²) in [5.41, 5.74) is 0.168. The van der Waals surface area contributed by atoms with E-state index in [-0.39, 0.29) is 29.9 Å². The van der Waals surface area contributed by atoms with Gasteiger partial charge in [-0.1, -0.05) is 18.2 Å². The monoisotopic (exact) mass is 379 g/mol. The van der Waals surface area contributed by atoms with Crippen molar-refractivity contribution in [3.63, 3.8) is 0 Å². The number of Topliss-reactive ketones (excluding diaryl/α,β-unsaturated/α-hetero) is 1. The maximum Gasteiger partial charge on any atom is 0.416 e. The summed E-state index contributed by atoms with van der Waals surface area (Å²) >= 11 is 0. The Morgan fingerprint density at radius 3 is 2.63 bits per heavy atom. The molecule has 3 rings (SSSR count). The van der Waals surface area contributed by atoms with Crippen LogP contribution in [0.25, 0.3) is 0 Å². The number of esters is 1. The molecule has 0 aromatic heterocycles. The lowest BCUT2D eigenvalue weighted by Gasteiger charge is -2.35. The lowest BCUT2D eigenvalue weighted by Crippen LogP contribution is -2.38. The van der Waals surface area contributed by atoms with Crippen LogP contribution < -0.4 is 0 Å². The molecule has 0 spiro atoms. The fourth-order valence-electron chi connectivity index (χ4n) is 3.91. The van der Waals surface area contributed by atoms with E-state index in [4.69, 9.17) is 4.74 Å². The first-order valence-corrected chi connectivity index (χ1v) is 8.89. The molecule has 4 nitrogen and oxygen atoms in total. The van der Waals surface area contributed by atoms with Crippen LogP contribution in [0.2, 0.25) is 0 Å². The molecule has 0 radical (unpaired) electrons. The van der Waals surface area contributed by atoms with E-state index >= 15 is 0 Å². The molecule has 1 aliphatic carbocycles. The van der Waals surface area contributed by atoms with E-state index in [1.807, 2.05) is 0 Å². The van der Waals surface area contributed by atoms with Crippen LogP contribution in [-0.4, -0.2) is 24.1 Å². The minimum absolute atomic E-state index is 0.0833. The Morgan fingerprint density at radius 2 is 1.96 bits per heavy atom. The van der Waals surface area contributed by atoms with Crippen molar-refractivity contribution in [2.24, 2.45) is 10.9 Å². The quantitative estimate of drug-likeness (QED) is 0.729. The van der Waals surface area contributed by atoms with E-state index in [1.165, 1.54) is 18.2 Å². The van der Waals surface area contributed by atoms with Gasteiger partial charge in [0.25, 0.3) is 0 Å². The molecular formula is C20H20F3NO3. The maximum atomic E-state index is 13.7. The lowest BCUT2D eigenvalue weighted by molar-refractivity contribution is -0.147. The topological polar surface area (TPSA) is 55.7 Å². The van der Waals surface area contributed by atoms with Crippen LogP contribution in [0.15, 0.2) is 40.5 Å². The Labute approximate surface area is 155 Å². The molecule has 0 saturated carbocycles. The van der Waals surface area contributed by atoms with E-state index < -0.39 is 29.5 Å². The summed E-state index contributed by atoms with van der Waals surface area (Å²) in [5.74, 6) is -2.99. The van der Waals surface area contributed by atoms with Crippen LogP contribution in [0.5, 0.6) is 0 Å². The zero-order chi connectivity index (χ0) is 19.8. The molecule has 7 heteroatoms. The third-order valence-electron chi connectivity index (χ3n) is 4.98.